The van der Waals surface area contributed by atoms with Crippen molar-refractivity contribution in [3.63, 3.8) is 0 Å². The molecule has 0 aromatic carbocycles. The van der Waals surface area contributed by atoms with Crippen LogP contribution in [0.3, 0.4) is 0 Å². The lowest BCUT2D eigenvalue weighted by molar-refractivity contribution is -0.150. The van der Waals surface area contributed by atoms with E-state index in [9.17, 15) is 24.4 Å². The molecule has 8 nitrogen and oxygen atoms in total. The molecule has 1 aliphatic heterocycles. The topological polar surface area (TPSA) is 117 Å². The average molecular weight is 373 g/mol. The summed E-state index contributed by atoms with van der Waals surface area (Å²) in [5, 5.41) is 11.9. The van der Waals surface area contributed by atoms with Crippen molar-refractivity contribution in [2.75, 3.05) is 13.2 Å². The highest BCUT2D eigenvalue weighted by atomic mass is 16.5. The van der Waals surface area contributed by atoms with Crippen LogP contribution >= 0.6 is 0 Å². The molecule has 1 N–H and O–H groups in total. The van der Waals surface area contributed by atoms with Crippen LogP contribution in [0.25, 0.3) is 0 Å². The molecule has 3 aliphatic rings. The smallest absolute Gasteiger partial charge is 0.308 e. The fraction of sp³-hybridized carbons (Fsp3) is 0.632. The fourth-order valence-corrected chi connectivity index (χ4v) is 4.06. The maximum absolute atomic E-state index is 12.3. The van der Waals surface area contributed by atoms with Gasteiger partial charge in [0.25, 0.3) is 5.91 Å². The Hall–Kier alpha value is -2.69. The molecule has 2 atom stereocenters. The Morgan fingerprint density at radius 1 is 1.19 bits per heavy atom. The van der Waals surface area contributed by atoms with Gasteiger partial charge >= 0.3 is 5.97 Å². The Labute approximate surface area is 157 Å². The number of esters is 1. The zero-order valence-electron chi connectivity index (χ0n) is 15.1. The van der Waals surface area contributed by atoms with E-state index in [-0.39, 0.29) is 36.6 Å². The van der Waals surface area contributed by atoms with Gasteiger partial charge in [-0.05, 0) is 38.5 Å². The summed E-state index contributed by atoms with van der Waals surface area (Å²) in [7, 11) is 0. The summed E-state index contributed by atoms with van der Waals surface area (Å²) in [4.78, 5) is 49.6. The first kappa shape index (κ1) is 19.1. The lowest BCUT2D eigenvalue weighted by Gasteiger charge is -2.21. The largest absolute Gasteiger partial charge is 0.456 e. The molecule has 2 fully saturated rings. The van der Waals surface area contributed by atoms with Crippen molar-refractivity contribution in [1.29, 1.82) is 5.26 Å². The quantitative estimate of drug-likeness (QED) is 0.419. The van der Waals surface area contributed by atoms with Crippen molar-refractivity contribution in [1.82, 2.24) is 10.2 Å². The van der Waals surface area contributed by atoms with Gasteiger partial charge in [-0.1, -0.05) is 12.2 Å². The van der Waals surface area contributed by atoms with Crippen molar-refractivity contribution < 1.29 is 23.9 Å². The van der Waals surface area contributed by atoms with Crippen molar-refractivity contribution in [3.8, 4) is 6.07 Å². The molecule has 27 heavy (non-hydrogen) atoms. The van der Waals surface area contributed by atoms with Crippen molar-refractivity contribution >= 4 is 23.7 Å². The van der Waals surface area contributed by atoms with Gasteiger partial charge < -0.3 is 10.1 Å². The molecule has 1 heterocycles. The molecule has 0 bridgehead atoms. The van der Waals surface area contributed by atoms with E-state index in [1.807, 2.05) is 12.2 Å². The van der Waals surface area contributed by atoms with Crippen LogP contribution in [0.2, 0.25) is 0 Å². The van der Waals surface area contributed by atoms with Crippen molar-refractivity contribution in [2.45, 2.75) is 50.5 Å². The second-order valence-electron chi connectivity index (χ2n) is 7.34. The second-order valence-corrected chi connectivity index (χ2v) is 7.34. The number of carbonyl (C=O) groups is 4. The Morgan fingerprint density at radius 3 is 2.33 bits per heavy atom. The number of carbonyl (C=O) groups excluding carboxylic acids is 4. The van der Waals surface area contributed by atoms with Gasteiger partial charge in [0.15, 0.2) is 6.61 Å². The second kappa shape index (κ2) is 7.91. The fourth-order valence-electron chi connectivity index (χ4n) is 4.06. The van der Waals surface area contributed by atoms with Gasteiger partial charge in [0.1, 0.15) is 5.54 Å². The molecule has 0 aromatic heterocycles. The molecule has 3 amide bonds. The van der Waals surface area contributed by atoms with E-state index < -0.39 is 24.0 Å². The minimum absolute atomic E-state index is 0.0345. The first-order valence-corrected chi connectivity index (χ1v) is 9.34. The van der Waals surface area contributed by atoms with Crippen molar-refractivity contribution in [2.24, 2.45) is 11.8 Å². The van der Waals surface area contributed by atoms with Gasteiger partial charge in [-0.2, -0.15) is 5.26 Å². The molecule has 2 aliphatic carbocycles. The van der Waals surface area contributed by atoms with Gasteiger partial charge in [0.05, 0.1) is 24.3 Å². The van der Waals surface area contributed by atoms with E-state index in [0.29, 0.717) is 25.7 Å². The number of fused-ring (bicyclic) bond motifs is 1. The lowest BCUT2D eigenvalue weighted by atomic mass is 9.85. The van der Waals surface area contributed by atoms with Gasteiger partial charge in [-0.15, -0.1) is 0 Å². The highest BCUT2D eigenvalue weighted by Gasteiger charge is 2.47. The number of rotatable bonds is 6. The summed E-state index contributed by atoms with van der Waals surface area (Å²) in [5.41, 5.74) is -0.859. The Kier molecular flexibility index (Phi) is 5.59. The van der Waals surface area contributed by atoms with E-state index in [2.05, 4.69) is 11.4 Å². The zero-order valence-corrected chi connectivity index (χ0v) is 15.1. The van der Waals surface area contributed by atoms with Crippen LogP contribution in [0.15, 0.2) is 12.2 Å². The number of hydrogen-bond donors (Lipinski definition) is 1. The molecule has 1 saturated carbocycles. The molecule has 0 spiro atoms. The van der Waals surface area contributed by atoms with E-state index >= 15 is 0 Å². The van der Waals surface area contributed by atoms with Crippen LogP contribution in [0.4, 0.5) is 0 Å². The summed E-state index contributed by atoms with van der Waals surface area (Å²) < 4.78 is 4.93. The minimum atomic E-state index is -0.859. The van der Waals surface area contributed by atoms with Crippen LogP contribution in [0.1, 0.15) is 44.9 Å². The van der Waals surface area contributed by atoms with Crippen LogP contribution < -0.4 is 5.32 Å². The number of nitrogens with zero attached hydrogens (tertiary/aromatic N) is 2. The van der Waals surface area contributed by atoms with Gasteiger partial charge in [-0.25, -0.2) is 0 Å². The third-order valence-electron chi connectivity index (χ3n) is 5.55. The third-order valence-corrected chi connectivity index (χ3v) is 5.55. The molecule has 0 aromatic rings. The summed E-state index contributed by atoms with van der Waals surface area (Å²) in [5.74, 6) is -2.29. The van der Waals surface area contributed by atoms with Gasteiger partial charge in [0.2, 0.25) is 11.8 Å². The highest BCUT2D eigenvalue weighted by Crippen LogP contribution is 2.35. The average Bonchev–Trinajstić information content (AvgIpc) is 3.23. The van der Waals surface area contributed by atoms with E-state index in [0.717, 1.165) is 17.7 Å². The maximum Gasteiger partial charge on any atom is 0.308 e. The summed E-state index contributed by atoms with van der Waals surface area (Å²) in [6.45, 7) is -0.507. The number of nitriles is 1. The molecular weight excluding hydrogens is 350 g/mol. The first-order chi connectivity index (χ1) is 13.0. The van der Waals surface area contributed by atoms with Crippen LogP contribution in [-0.4, -0.2) is 47.3 Å². The number of allylic oxidation sites excluding steroid dienone is 2. The van der Waals surface area contributed by atoms with Gasteiger partial charge in [0, 0.05) is 6.54 Å². The van der Waals surface area contributed by atoms with E-state index in [1.165, 1.54) is 0 Å². The molecule has 144 valence electrons. The highest BCUT2D eigenvalue weighted by molar-refractivity contribution is 6.05. The molecule has 0 unspecified atom stereocenters. The number of nitrogens with one attached hydrogen (secondary N) is 1. The summed E-state index contributed by atoms with van der Waals surface area (Å²) in [6, 6.07) is 2.13. The van der Waals surface area contributed by atoms with E-state index in [1.54, 1.807) is 0 Å². The number of hydrogen-bond acceptors (Lipinski definition) is 6. The number of ether oxygens (including phenoxy) is 1. The first-order valence-electron chi connectivity index (χ1n) is 9.34. The summed E-state index contributed by atoms with van der Waals surface area (Å²) in [6.07, 6.45) is 7.71. The predicted molar refractivity (Wildman–Crippen MR) is 92.6 cm³/mol. The maximum atomic E-state index is 12.3. The monoisotopic (exact) mass is 373 g/mol. The normalized spacial score (nSPS) is 25.8. The summed E-state index contributed by atoms with van der Waals surface area (Å²) >= 11 is 0. The van der Waals surface area contributed by atoms with Crippen LogP contribution in [0, 0.1) is 23.2 Å². The molecule has 0 radical (unpaired) electrons. The van der Waals surface area contributed by atoms with Crippen LogP contribution in [-0.2, 0) is 23.9 Å². The number of likely N-dealkylation sites (tertiary alicyclic amines) is 1. The molecule has 3 rings (SSSR count). The predicted octanol–water partition coefficient (Wildman–Crippen LogP) is 0.823. The van der Waals surface area contributed by atoms with Crippen LogP contribution in [0.5, 0.6) is 0 Å². The Morgan fingerprint density at radius 2 is 1.78 bits per heavy atom. The molecule has 1 saturated heterocycles. The Bertz CT molecular complexity index is 691. The van der Waals surface area contributed by atoms with Gasteiger partial charge in [-0.3, -0.25) is 24.1 Å². The lowest BCUT2D eigenvalue weighted by Crippen LogP contribution is -2.46. The molecular formula is C19H23N3O5. The minimum Gasteiger partial charge on any atom is -0.456 e. The standard InChI is InChI=1S/C19H23N3O5/c20-12-19(8-3-4-9-19)21-15(23)11-27-16(24)7-10-22-17(25)13-5-1-2-6-14(13)18(22)26/h1-2,13-14H,3-11H2,(H,21,23)/t13-,14+. The number of amides is 3. The van der Waals surface area contributed by atoms with E-state index in [4.69, 9.17) is 4.74 Å². The zero-order chi connectivity index (χ0) is 19.4. The SMILES string of the molecule is N#CC1(NC(=O)COC(=O)CCN2C(=O)[C@H]3CC=CC[C@H]3C2=O)CCCC1. The Balaban J connectivity index is 1.42. The van der Waals surface area contributed by atoms with Crippen molar-refractivity contribution in [3.05, 3.63) is 12.2 Å². The molecule has 8 heteroatoms. The number of imide groups is 1. The third kappa shape index (κ3) is 4.02.